The van der Waals surface area contributed by atoms with Crippen molar-refractivity contribution in [2.45, 2.75) is 130 Å². The lowest BCUT2D eigenvalue weighted by molar-refractivity contribution is -0.151. The fraction of sp³-hybridized carbons (Fsp3) is 0.744. The van der Waals surface area contributed by atoms with Crippen molar-refractivity contribution in [1.29, 1.82) is 0 Å². The van der Waals surface area contributed by atoms with Gasteiger partial charge in [0.05, 0.1) is 48.7 Å². The number of likely N-dealkylation sites (tertiary alicyclic amines) is 1. The number of amides is 4. The first-order chi connectivity index (χ1) is 24.5. The number of aliphatic hydroxyl groups is 1. The zero-order chi connectivity index (χ0) is 39.4. The van der Waals surface area contributed by atoms with Gasteiger partial charge < -0.3 is 35.0 Å². The third kappa shape index (κ3) is 11.0. The number of benzene rings is 1. The number of carbonyl (C=O) groups excluding carboxylic acids is 4. The Bertz CT molecular complexity index is 1280. The van der Waals surface area contributed by atoms with E-state index >= 15 is 0 Å². The van der Waals surface area contributed by atoms with Crippen LogP contribution in [0.1, 0.15) is 92.7 Å². The van der Waals surface area contributed by atoms with Crippen molar-refractivity contribution in [1.82, 2.24) is 25.4 Å². The molecular weight excluding hydrogens is 664 g/mol. The molecule has 0 aromatic heterocycles. The Kier molecular flexibility index (Phi) is 18.2. The number of aliphatic hydroxyl groups excluding tert-OH is 1. The summed E-state index contributed by atoms with van der Waals surface area (Å²) in [7, 11) is 6.52. The van der Waals surface area contributed by atoms with Crippen LogP contribution < -0.4 is 16.5 Å². The summed E-state index contributed by atoms with van der Waals surface area (Å²) in [4.78, 5) is 58.6. The summed E-state index contributed by atoms with van der Waals surface area (Å²) >= 11 is 0. The lowest BCUT2D eigenvalue weighted by atomic mass is 9.89. The number of ether oxygens (including phenoxy) is 2. The standard InChI is InChI=1S/C39H68N6O7/c1-13-25(6)34(43(10)39(50)33(24(4)5)42-37(48)32(41-9)23(2)3)30(51-11)22-31(46)44-21-17-20-29(44)36(52-12)26(7)38(49)45(40)27(8)35(47)28-18-15-14-16-19-28/h14-16,18-19,23-27,29-30,32-36,41,47H,13,17,20-22,40H2,1-12H3,(H,42,48)/t25-,26+,27+,29-,30+,32-,33-,34-,35+,36+/m0/s1. The maximum absolute atomic E-state index is 14.2. The Labute approximate surface area is 312 Å². The molecule has 2 rings (SSSR count). The molecular formula is C39H68N6O7. The highest BCUT2D eigenvalue weighted by atomic mass is 16.5. The van der Waals surface area contributed by atoms with Gasteiger partial charge in [0.2, 0.25) is 23.6 Å². The second kappa shape index (κ2) is 21.0. The van der Waals surface area contributed by atoms with Gasteiger partial charge in [0.1, 0.15) is 12.1 Å². The Hall–Kier alpha value is -3.10. The molecule has 1 heterocycles. The molecule has 1 fully saturated rings. The Morgan fingerprint density at radius 3 is 2.06 bits per heavy atom. The predicted octanol–water partition coefficient (Wildman–Crippen LogP) is 3.12. The summed E-state index contributed by atoms with van der Waals surface area (Å²) in [6, 6.07) is 6.26. The Balaban J connectivity index is 2.28. The summed E-state index contributed by atoms with van der Waals surface area (Å²) in [6.45, 7) is 15.7. The average molecular weight is 733 g/mol. The van der Waals surface area contributed by atoms with Gasteiger partial charge in [-0.25, -0.2) is 5.84 Å². The van der Waals surface area contributed by atoms with Gasteiger partial charge in [-0.05, 0) is 50.1 Å². The number of rotatable bonds is 20. The molecule has 0 saturated carbocycles. The SMILES string of the molecule is CC[C@H](C)[C@@H]([C@@H](CC(=O)N1CCC[C@H]1[C@H](OC)[C@@H](C)C(=O)N(N)[C@H](C)[C@@H](O)c1ccccc1)OC)N(C)C(=O)[C@@H](NC(=O)[C@@H](NC)C(C)C)C(C)C. The van der Waals surface area contributed by atoms with Crippen LogP contribution in [0, 0.1) is 23.7 Å². The van der Waals surface area contributed by atoms with Crippen LogP contribution in [0.2, 0.25) is 0 Å². The number of nitrogens with two attached hydrogens (primary N) is 1. The van der Waals surface area contributed by atoms with Crippen molar-refractivity contribution < 1.29 is 33.8 Å². The number of methoxy groups -OCH3 is 2. The number of nitrogens with zero attached hydrogens (tertiary/aromatic N) is 3. The van der Waals surface area contributed by atoms with Crippen molar-refractivity contribution in [3.05, 3.63) is 35.9 Å². The van der Waals surface area contributed by atoms with Crippen LogP contribution in [0.25, 0.3) is 0 Å². The first kappa shape index (κ1) is 45.1. The number of hydrogen-bond acceptors (Lipinski definition) is 9. The van der Waals surface area contributed by atoms with Crippen LogP contribution in [-0.2, 0) is 28.7 Å². The minimum absolute atomic E-state index is 0.00951. The van der Waals surface area contributed by atoms with Crippen molar-refractivity contribution >= 4 is 23.6 Å². The van der Waals surface area contributed by atoms with E-state index in [0.29, 0.717) is 18.5 Å². The van der Waals surface area contributed by atoms with E-state index in [1.807, 2.05) is 59.7 Å². The molecule has 0 unspecified atom stereocenters. The fourth-order valence-corrected chi connectivity index (χ4v) is 7.56. The second-order valence-corrected chi connectivity index (χ2v) is 15.2. The molecule has 1 aromatic rings. The first-order valence-electron chi connectivity index (χ1n) is 18.9. The van der Waals surface area contributed by atoms with Crippen molar-refractivity contribution in [3.8, 4) is 0 Å². The van der Waals surface area contributed by atoms with Crippen LogP contribution in [-0.4, -0.2) is 121 Å². The maximum atomic E-state index is 14.2. The normalized spacial score (nSPS) is 20.0. The quantitative estimate of drug-likeness (QED) is 0.0896. The van der Waals surface area contributed by atoms with E-state index < -0.39 is 54.3 Å². The zero-order valence-corrected chi connectivity index (χ0v) is 33.7. The molecule has 13 heteroatoms. The topological polar surface area (TPSA) is 167 Å². The Morgan fingerprint density at radius 1 is 0.962 bits per heavy atom. The number of hydrogen-bond donors (Lipinski definition) is 4. The molecule has 0 aliphatic carbocycles. The zero-order valence-electron chi connectivity index (χ0n) is 33.7. The monoisotopic (exact) mass is 733 g/mol. The molecule has 5 N–H and O–H groups in total. The molecule has 1 saturated heterocycles. The van der Waals surface area contributed by atoms with Gasteiger partial charge in [-0.1, -0.05) is 85.2 Å². The third-order valence-electron chi connectivity index (χ3n) is 11.0. The molecule has 1 aliphatic rings. The van der Waals surface area contributed by atoms with Gasteiger partial charge in [-0.2, -0.15) is 0 Å². The summed E-state index contributed by atoms with van der Waals surface area (Å²) in [5, 5.41) is 18.0. The molecule has 1 aromatic carbocycles. The third-order valence-corrected chi connectivity index (χ3v) is 11.0. The minimum atomic E-state index is -0.986. The lowest BCUT2D eigenvalue weighted by Gasteiger charge is -2.41. The molecule has 4 amide bonds. The van der Waals surface area contributed by atoms with E-state index in [0.717, 1.165) is 17.9 Å². The first-order valence-corrected chi connectivity index (χ1v) is 18.9. The van der Waals surface area contributed by atoms with Gasteiger partial charge in [-0.3, -0.25) is 24.2 Å². The molecule has 0 bridgehead atoms. The molecule has 52 heavy (non-hydrogen) atoms. The molecule has 296 valence electrons. The van der Waals surface area contributed by atoms with E-state index in [4.69, 9.17) is 15.3 Å². The van der Waals surface area contributed by atoms with Gasteiger partial charge in [0.15, 0.2) is 0 Å². The fourth-order valence-electron chi connectivity index (χ4n) is 7.56. The number of hydrazine groups is 1. The van der Waals surface area contributed by atoms with Crippen molar-refractivity contribution in [2.75, 3.05) is 34.9 Å². The molecule has 13 nitrogen and oxygen atoms in total. The largest absolute Gasteiger partial charge is 0.386 e. The predicted molar refractivity (Wildman–Crippen MR) is 202 cm³/mol. The molecule has 0 spiro atoms. The highest BCUT2D eigenvalue weighted by Crippen LogP contribution is 2.31. The second-order valence-electron chi connectivity index (χ2n) is 15.2. The van der Waals surface area contributed by atoms with Crippen molar-refractivity contribution in [2.24, 2.45) is 29.5 Å². The van der Waals surface area contributed by atoms with Gasteiger partial charge >= 0.3 is 0 Å². The van der Waals surface area contributed by atoms with Crippen LogP contribution in [0.5, 0.6) is 0 Å². The van der Waals surface area contributed by atoms with Gasteiger partial charge in [0, 0.05) is 27.8 Å². The van der Waals surface area contributed by atoms with E-state index in [1.165, 1.54) is 7.11 Å². The van der Waals surface area contributed by atoms with Crippen LogP contribution in [0.15, 0.2) is 30.3 Å². The molecule has 0 radical (unpaired) electrons. The summed E-state index contributed by atoms with van der Waals surface area (Å²) in [6.07, 6.45) is -0.160. The smallest absolute Gasteiger partial charge is 0.245 e. The highest BCUT2D eigenvalue weighted by Gasteiger charge is 2.44. The number of nitrogens with one attached hydrogen (secondary N) is 2. The Morgan fingerprint density at radius 2 is 1.56 bits per heavy atom. The van der Waals surface area contributed by atoms with Gasteiger partial charge in [0.25, 0.3) is 0 Å². The average Bonchev–Trinajstić information content (AvgIpc) is 3.62. The number of likely N-dealkylation sites (N-methyl/N-ethyl adjacent to an activating group) is 2. The maximum Gasteiger partial charge on any atom is 0.245 e. The minimum Gasteiger partial charge on any atom is -0.386 e. The van der Waals surface area contributed by atoms with E-state index in [2.05, 4.69) is 10.6 Å². The highest BCUT2D eigenvalue weighted by molar-refractivity contribution is 5.90. The summed E-state index contributed by atoms with van der Waals surface area (Å²) in [5.74, 6) is 4.37. The molecule has 1 aliphatic heterocycles. The van der Waals surface area contributed by atoms with E-state index in [1.54, 1.807) is 57.0 Å². The van der Waals surface area contributed by atoms with Crippen LogP contribution >= 0.6 is 0 Å². The van der Waals surface area contributed by atoms with Crippen LogP contribution in [0.4, 0.5) is 0 Å². The van der Waals surface area contributed by atoms with E-state index in [-0.39, 0.29) is 47.9 Å². The molecule has 10 atom stereocenters. The summed E-state index contributed by atoms with van der Waals surface area (Å²) in [5.41, 5.74) is 0.649. The summed E-state index contributed by atoms with van der Waals surface area (Å²) < 4.78 is 11.9. The lowest BCUT2D eigenvalue weighted by Crippen LogP contribution is -2.59. The van der Waals surface area contributed by atoms with Crippen LogP contribution in [0.3, 0.4) is 0 Å². The van der Waals surface area contributed by atoms with E-state index in [9.17, 15) is 24.3 Å². The number of carbonyl (C=O) groups is 4. The van der Waals surface area contributed by atoms with Gasteiger partial charge in [-0.15, -0.1) is 0 Å². The van der Waals surface area contributed by atoms with Crippen molar-refractivity contribution in [3.63, 3.8) is 0 Å².